The standard InChI is InChI=1S/C15H21N3S/c1-2-5-13(6-3-1)17-15-16-9-11-18(15)10-8-14-7-4-12-19-14/h4,7,9,11-13H,1-3,5-6,8,10H2,(H,16,17). The van der Waals surface area contributed by atoms with Crippen molar-refractivity contribution < 1.29 is 0 Å². The first kappa shape index (κ1) is 12.7. The summed E-state index contributed by atoms with van der Waals surface area (Å²) >= 11 is 1.83. The number of hydrogen-bond donors (Lipinski definition) is 1. The van der Waals surface area contributed by atoms with E-state index < -0.39 is 0 Å². The summed E-state index contributed by atoms with van der Waals surface area (Å²) in [6, 6.07) is 4.95. The minimum absolute atomic E-state index is 0.622. The molecule has 0 atom stereocenters. The molecule has 102 valence electrons. The first-order chi connectivity index (χ1) is 9.42. The minimum atomic E-state index is 0.622. The van der Waals surface area contributed by atoms with Crippen molar-refractivity contribution in [2.24, 2.45) is 0 Å². The Bertz CT molecular complexity index is 483. The summed E-state index contributed by atoms with van der Waals surface area (Å²) in [6.45, 7) is 1.01. The first-order valence-corrected chi connectivity index (χ1v) is 8.10. The van der Waals surface area contributed by atoms with Crippen molar-refractivity contribution in [3.8, 4) is 0 Å². The molecule has 0 bridgehead atoms. The van der Waals surface area contributed by atoms with Crippen molar-refractivity contribution in [1.29, 1.82) is 0 Å². The molecule has 0 aliphatic heterocycles. The highest BCUT2D eigenvalue weighted by Crippen LogP contribution is 2.21. The zero-order chi connectivity index (χ0) is 12.9. The molecule has 0 aromatic carbocycles. The molecule has 3 nitrogen and oxygen atoms in total. The van der Waals surface area contributed by atoms with Gasteiger partial charge < -0.3 is 9.88 Å². The van der Waals surface area contributed by atoms with Crippen LogP contribution in [0.5, 0.6) is 0 Å². The fourth-order valence-corrected chi connectivity index (χ4v) is 3.44. The van der Waals surface area contributed by atoms with Gasteiger partial charge in [-0.3, -0.25) is 0 Å². The summed E-state index contributed by atoms with van der Waals surface area (Å²) in [7, 11) is 0. The van der Waals surface area contributed by atoms with Crippen molar-refractivity contribution in [3.63, 3.8) is 0 Å². The molecule has 0 unspecified atom stereocenters. The van der Waals surface area contributed by atoms with Gasteiger partial charge in [-0.25, -0.2) is 4.98 Å². The smallest absolute Gasteiger partial charge is 0.202 e. The molecule has 3 rings (SSSR count). The molecule has 0 saturated heterocycles. The molecule has 0 radical (unpaired) electrons. The third-order valence-corrected chi connectivity index (χ3v) is 4.77. The second kappa shape index (κ2) is 6.24. The van der Waals surface area contributed by atoms with E-state index in [9.17, 15) is 0 Å². The second-order valence-electron chi connectivity index (χ2n) is 5.25. The number of aryl methyl sites for hydroxylation is 2. The number of thiophene rings is 1. The third kappa shape index (κ3) is 3.38. The Balaban J connectivity index is 1.58. The minimum Gasteiger partial charge on any atom is -0.353 e. The quantitative estimate of drug-likeness (QED) is 0.896. The average molecular weight is 275 g/mol. The number of rotatable bonds is 5. The van der Waals surface area contributed by atoms with Gasteiger partial charge in [-0.05, 0) is 30.7 Å². The largest absolute Gasteiger partial charge is 0.353 e. The van der Waals surface area contributed by atoms with Crippen LogP contribution in [0.3, 0.4) is 0 Å². The highest BCUT2D eigenvalue weighted by atomic mass is 32.1. The van der Waals surface area contributed by atoms with Crippen LogP contribution in [0, 0.1) is 0 Å². The van der Waals surface area contributed by atoms with E-state index in [0.717, 1.165) is 18.9 Å². The van der Waals surface area contributed by atoms with E-state index in [1.807, 2.05) is 17.5 Å². The number of imidazole rings is 1. The predicted octanol–water partition coefficient (Wildman–Crippen LogP) is 3.93. The number of hydrogen-bond acceptors (Lipinski definition) is 3. The van der Waals surface area contributed by atoms with Crippen LogP contribution in [0.15, 0.2) is 29.9 Å². The maximum atomic E-state index is 4.47. The summed E-state index contributed by atoms with van der Waals surface area (Å²) in [5.74, 6) is 1.04. The van der Waals surface area contributed by atoms with Gasteiger partial charge in [0.1, 0.15) is 0 Å². The molecule has 19 heavy (non-hydrogen) atoms. The second-order valence-corrected chi connectivity index (χ2v) is 6.29. The summed E-state index contributed by atoms with van der Waals surface area (Å²) in [6.07, 6.45) is 11.8. The van der Waals surface area contributed by atoms with Crippen molar-refractivity contribution >= 4 is 17.3 Å². The highest BCUT2D eigenvalue weighted by Gasteiger charge is 2.15. The lowest BCUT2D eigenvalue weighted by molar-refractivity contribution is 0.459. The highest BCUT2D eigenvalue weighted by molar-refractivity contribution is 7.09. The normalized spacial score (nSPS) is 16.6. The van der Waals surface area contributed by atoms with Crippen LogP contribution >= 0.6 is 11.3 Å². The van der Waals surface area contributed by atoms with Crippen LogP contribution < -0.4 is 5.32 Å². The van der Waals surface area contributed by atoms with Crippen LogP contribution in [0.1, 0.15) is 37.0 Å². The monoisotopic (exact) mass is 275 g/mol. The number of nitrogens with one attached hydrogen (secondary N) is 1. The summed E-state index contributed by atoms with van der Waals surface area (Å²) in [5.41, 5.74) is 0. The predicted molar refractivity (Wildman–Crippen MR) is 80.7 cm³/mol. The third-order valence-electron chi connectivity index (χ3n) is 3.83. The van der Waals surface area contributed by atoms with Crippen LogP contribution in [-0.2, 0) is 13.0 Å². The van der Waals surface area contributed by atoms with E-state index in [1.54, 1.807) is 0 Å². The topological polar surface area (TPSA) is 29.9 Å². The molecular formula is C15H21N3S. The van der Waals surface area contributed by atoms with Gasteiger partial charge in [-0.2, -0.15) is 0 Å². The average Bonchev–Trinajstić information content (AvgIpc) is 3.09. The van der Waals surface area contributed by atoms with Crippen molar-refractivity contribution in [3.05, 3.63) is 34.8 Å². The molecule has 1 fully saturated rings. The van der Waals surface area contributed by atoms with Gasteiger partial charge in [0, 0.05) is 29.9 Å². The molecular weight excluding hydrogens is 254 g/mol. The van der Waals surface area contributed by atoms with E-state index in [1.165, 1.54) is 37.0 Å². The van der Waals surface area contributed by atoms with Gasteiger partial charge >= 0.3 is 0 Å². The molecule has 2 aromatic heterocycles. The van der Waals surface area contributed by atoms with Gasteiger partial charge in [0.2, 0.25) is 5.95 Å². The lowest BCUT2D eigenvalue weighted by atomic mass is 9.96. The number of anilines is 1. The van der Waals surface area contributed by atoms with Gasteiger partial charge in [-0.1, -0.05) is 25.3 Å². The molecule has 0 amide bonds. The fraction of sp³-hybridized carbons (Fsp3) is 0.533. The fourth-order valence-electron chi connectivity index (χ4n) is 2.74. The van der Waals surface area contributed by atoms with E-state index >= 15 is 0 Å². The molecule has 4 heteroatoms. The lowest BCUT2D eigenvalue weighted by Gasteiger charge is -2.23. The molecule has 1 saturated carbocycles. The van der Waals surface area contributed by atoms with E-state index in [2.05, 4.69) is 38.6 Å². The van der Waals surface area contributed by atoms with E-state index in [4.69, 9.17) is 0 Å². The number of aromatic nitrogens is 2. The Labute approximate surface area is 118 Å². The molecule has 1 aliphatic rings. The van der Waals surface area contributed by atoms with Crippen molar-refractivity contribution in [1.82, 2.24) is 9.55 Å². The molecule has 1 aliphatic carbocycles. The van der Waals surface area contributed by atoms with Crippen molar-refractivity contribution in [2.75, 3.05) is 5.32 Å². The maximum Gasteiger partial charge on any atom is 0.202 e. The Morgan fingerprint density at radius 3 is 3.00 bits per heavy atom. The first-order valence-electron chi connectivity index (χ1n) is 7.22. The van der Waals surface area contributed by atoms with Gasteiger partial charge in [0.15, 0.2) is 0 Å². The van der Waals surface area contributed by atoms with Crippen LogP contribution in [-0.4, -0.2) is 15.6 Å². The summed E-state index contributed by atoms with van der Waals surface area (Å²) < 4.78 is 2.24. The van der Waals surface area contributed by atoms with Gasteiger partial charge in [0.05, 0.1) is 0 Å². The molecule has 0 spiro atoms. The van der Waals surface area contributed by atoms with Crippen LogP contribution in [0.2, 0.25) is 0 Å². The number of nitrogens with zero attached hydrogens (tertiary/aromatic N) is 2. The van der Waals surface area contributed by atoms with Gasteiger partial charge in [-0.15, -0.1) is 11.3 Å². The Kier molecular flexibility index (Phi) is 4.18. The van der Waals surface area contributed by atoms with Gasteiger partial charge in [0.25, 0.3) is 0 Å². The summed E-state index contributed by atoms with van der Waals surface area (Å²) in [5, 5.41) is 5.76. The van der Waals surface area contributed by atoms with Crippen molar-refractivity contribution in [2.45, 2.75) is 51.1 Å². The Morgan fingerprint density at radius 1 is 1.32 bits per heavy atom. The van der Waals surface area contributed by atoms with Crippen LogP contribution in [0.4, 0.5) is 5.95 Å². The molecule has 1 N–H and O–H groups in total. The summed E-state index contributed by atoms with van der Waals surface area (Å²) in [4.78, 5) is 5.91. The molecule has 2 heterocycles. The lowest BCUT2D eigenvalue weighted by Crippen LogP contribution is -2.24. The van der Waals surface area contributed by atoms with E-state index in [0.29, 0.717) is 6.04 Å². The zero-order valence-electron chi connectivity index (χ0n) is 11.2. The Hall–Kier alpha value is -1.29. The Morgan fingerprint density at radius 2 is 2.21 bits per heavy atom. The van der Waals surface area contributed by atoms with Crippen LogP contribution in [0.25, 0.3) is 0 Å². The zero-order valence-corrected chi connectivity index (χ0v) is 12.0. The maximum absolute atomic E-state index is 4.47. The SMILES string of the molecule is c1csc(CCn2ccnc2NC2CCCCC2)c1. The molecule has 2 aromatic rings. The van der Waals surface area contributed by atoms with E-state index in [-0.39, 0.29) is 0 Å².